The van der Waals surface area contributed by atoms with Gasteiger partial charge in [0.2, 0.25) is 5.91 Å². The summed E-state index contributed by atoms with van der Waals surface area (Å²) >= 11 is 0. The Morgan fingerprint density at radius 3 is 2.59 bits per heavy atom. The summed E-state index contributed by atoms with van der Waals surface area (Å²) in [4.78, 5) is 17.9. The van der Waals surface area contributed by atoms with Crippen LogP contribution in [0.3, 0.4) is 0 Å². The predicted molar refractivity (Wildman–Crippen MR) is 87.7 cm³/mol. The molecule has 4 nitrogen and oxygen atoms in total. The fourth-order valence-corrected chi connectivity index (χ4v) is 4.52. The van der Waals surface area contributed by atoms with E-state index in [-0.39, 0.29) is 10.8 Å². The number of hydrogen-bond acceptors (Lipinski definition) is 3. The second-order valence-electron chi connectivity index (χ2n) is 8.74. The van der Waals surface area contributed by atoms with Gasteiger partial charge < -0.3 is 9.64 Å². The first kappa shape index (κ1) is 16.3. The molecule has 1 spiro atoms. The summed E-state index contributed by atoms with van der Waals surface area (Å²) in [5.74, 6) is 0.434. The first-order valence-corrected chi connectivity index (χ1v) is 9.01. The Morgan fingerprint density at radius 1 is 1.18 bits per heavy atom. The summed E-state index contributed by atoms with van der Waals surface area (Å²) < 4.78 is 5.49. The van der Waals surface area contributed by atoms with Gasteiger partial charge >= 0.3 is 0 Å². The number of hydrogen-bond donors (Lipinski definition) is 0. The van der Waals surface area contributed by atoms with E-state index in [1.165, 1.54) is 6.42 Å². The van der Waals surface area contributed by atoms with Gasteiger partial charge in [0.1, 0.15) is 0 Å². The van der Waals surface area contributed by atoms with E-state index in [2.05, 4.69) is 30.6 Å². The summed E-state index contributed by atoms with van der Waals surface area (Å²) in [5.41, 5.74) is 0.106. The molecule has 3 heterocycles. The van der Waals surface area contributed by atoms with Gasteiger partial charge in [0.25, 0.3) is 0 Å². The Kier molecular flexibility index (Phi) is 4.52. The molecule has 0 saturated carbocycles. The molecule has 0 aliphatic carbocycles. The molecule has 1 amide bonds. The lowest BCUT2D eigenvalue weighted by Crippen LogP contribution is -2.52. The lowest BCUT2D eigenvalue weighted by molar-refractivity contribution is -0.147. The molecule has 126 valence electrons. The van der Waals surface area contributed by atoms with Gasteiger partial charge in [-0.1, -0.05) is 20.8 Å². The molecule has 1 atom stereocenters. The van der Waals surface area contributed by atoms with Crippen LogP contribution >= 0.6 is 0 Å². The van der Waals surface area contributed by atoms with Crippen molar-refractivity contribution in [1.29, 1.82) is 0 Å². The second kappa shape index (κ2) is 6.12. The molecular formula is C18H32N2O2. The largest absolute Gasteiger partial charge is 0.381 e. The van der Waals surface area contributed by atoms with Gasteiger partial charge in [-0.05, 0) is 44.1 Å². The maximum Gasteiger partial charge on any atom is 0.230 e. The summed E-state index contributed by atoms with van der Waals surface area (Å²) in [7, 11) is 0. The molecule has 1 unspecified atom stereocenters. The Hall–Kier alpha value is -0.610. The van der Waals surface area contributed by atoms with Crippen LogP contribution in [-0.4, -0.2) is 61.1 Å². The monoisotopic (exact) mass is 308 g/mol. The Morgan fingerprint density at radius 2 is 1.91 bits per heavy atom. The minimum absolute atomic E-state index is 0.0815. The van der Waals surface area contributed by atoms with Gasteiger partial charge in [-0.3, -0.25) is 9.69 Å². The van der Waals surface area contributed by atoms with E-state index >= 15 is 0 Å². The van der Waals surface area contributed by atoms with Crippen molar-refractivity contribution in [3.63, 3.8) is 0 Å². The van der Waals surface area contributed by atoms with Gasteiger partial charge in [-0.2, -0.15) is 0 Å². The minimum atomic E-state index is -0.0815. The van der Waals surface area contributed by atoms with Crippen LogP contribution in [0, 0.1) is 10.8 Å². The number of carbonyl (C=O) groups is 1. The maximum atomic E-state index is 13.1. The van der Waals surface area contributed by atoms with E-state index in [9.17, 15) is 4.79 Å². The number of piperidine rings is 1. The molecule has 22 heavy (non-hydrogen) atoms. The van der Waals surface area contributed by atoms with Crippen molar-refractivity contribution in [2.45, 2.75) is 58.9 Å². The molecule has 3 rings (SSSR count). The van der Waals surface area contributed by atoms with Crippen molar-refractivity contribution in [3.8, 4) is 0 Å². The van der Waals surface area contributed by atoms with Crippen molar-refractivity contribution >= 4 is 5.91 Å². The van der Waals surface area contributed by atoms with Gasteiger partial charge in [-0.25, -0.2) is 0 Å². The van der Waals surface area contributed by atoms with Gasteiger partial charge in [0.15, 0.2) is 0 Å². The van der Waals surface area contributed by atoms with Crippen LogP contribution in [0.5, 0.6) is 0 Å². The highest BCUT2D eigenvalue weighted by atomic mass is 16.5. The van der Waals surface area contributed by atoms with Gasteiger partial charge in [0, 0.05) is 38.9 Å². The molecule has 3 aliphatic rings. The molecule has 0 aromatic carbocycles. The average molecular weight is 308 g/mol. The third kappa shape index (κ3) is 3.33. The highest BCUT2D eigenvalue weighted by Crippen LogP contribution is 2.42. The molecule has 0 aromatic rings. The number of ether oxygens (including phenoxy) is 1. The zero-order valence-electron chi connectivity index (χ0n) is 14.6. The number of nitrogens with zero attached hydrogens (tertiary/aromatic N) is 2. The van der Waals surface area contributed by atoms with Crippen LogP contribution < -0.4 is 0 Å². The van der Waals surface area contributed by atoms with Crippen LogP contribution in [0.15, 0.2) is 0 Å². The molecule has 3 fully saturated rings. The van der Waals surface area contributed by atoms with Gasteiger partial charge in [0.05, 0.1) is 5.41 Å². The molecular weight excluding hydrogens is 276 g/mol. The van der Waals surface area contributed by atoms with Crippen molar-refractivity contribution in [3.05, 3.63) is 0 Å². The predicted octanol–water partition coefficient (Wildman–Crippen LogP) is 2.53. The summed E-state index contributed by atoms with van der Waals surface area (Å²) in [6.45, 7) is 12.4. The number of likely N-dealkylation sites (tertiary alicyclic amines) is 2. The Balaban J connectivity index is 1.66. The van der Waals surface area contributed by atoms with Crippen LogP contribution in [-0.2, 0) is 9.53 Å². The number of carbonyl (C=O) groups excluding carboxylic acids is 1. The smallest absolute Gasteiger partial charge is 0.230 e. The highest BCUT2D eigenvalue weighted by molar-refractivity contribution is 5.84. The second-order valence-corrected chi connectivity index (χ2v) is 8.74. The van der Waals surface area contributed by atoms with E-state index < -0.39 is 0 Å². The van der Waals surface area contributed by atoms with Crippen molar-refractivity contribution in [2.75, 3.05) is 39.4 Å². The first-order valence-electron chi connectivity index (χ1n) is 9.01. The average Bonchev–Trinajstić information content (AvgIpc) is 2.89. The quantitative estimate of drug-likeness (QED) is 0.786. The third-order valence-corrected chi connectivity index (χ3v) is 5.58. The van der Waals surface area contributed by atoms with Crippen molar-refractivity contribution < 1.29 is 9.53 Å². The van der Waals surface area contributed by atoms with Gasteiger partial charge in [-0.15, -0.1) is 0 Å². The molecule has 0 N–H and O–H groups in total. The molecule has 0 bridgehead atoms. The van der Waals surface area contributed by atoms with E-state index in [1.807, 2.05) is 0 Å². The summed E-state index contributed by atoms with van der Waals surface area (Å²) in [6.07, 6.45) is 5.59. The number of rotatable bonds is 2. The van der Waals surface area contributed by atoms with Crippen LogP contribution in [0.25, 0.3) is 0 Å². The Bertz CT molecular complexity index is 412. The maximum absolute atomic E-state index is 13.1. The lowest BCUT2D eigenvalue weighted by Gasteiger charge is -2.42. The van der Waals surface area contributed by atoms with Crippen molar-refractivity contribution in [1.82, 2.24) is 9.80 Å². The molecule has 0 radical (unpaired) electrons. The van der Waals surface area contributed by atoms with Crippen LogP contribution in [0.4, 0.5) is 0 Å². The van der Waals surface area contributed by atoms with Crippen LogP contribution in [0.1, 0.15) is 52.9 Å². The third-order valence-electron chi connectivity index (χ3n) is 5.58. The van der Waals surface area contributed by atoms with Crippen molar-refractivity contribution in [2.24, 2.45) is 10.8 Å². The van der Waals surface area contributed by atoms with E-state index in [0.717, 1.165) is 65.1 Å². The first-order chi connectivity index (χ1) is 10.4. The fraction of sp³-hybridized carbons (Fsp3) is 0.944. The van der Waals surface area contributed by atoms with E-state index in [1.54, 1.807) is 0 Å². The highest BCUT2D eigenvalue weighted by Gasteiger charge is 2.49. The molecule has 0 aromatic heterocycles. The standard InChI is InChI=1S/C18H32N2O2/c1-17(2,3)13-20-9-4-7-18(16(20)21)8-10-19(14-18)15-5-11-22-12-6-15/h15H,4-14H2,1-3H3. The molecule has 3 aliphatic heterocycles. The fourth-order valence-electron chi connectivity index (χ4n) is 4.52. The Labute approximate surface area is 135 Å². The van der Waals surface area contributed by atoms with E-state index in [4.69, 9.17) is 4.74 Å². The zero-order valence-corrected chi connectivity index (χ0v) is 14.6. The normalized spacial score (nSPS) is 32.1. The lowest BCUT2D eigenvalue weighted by atomic mass is 9.77. The van der Waals surface area contributed by atoms with Crippen LogP contribution in [0.2, 0.25) is 0 Å². The van der Waals surface area contributed by atoms with E-state index in [0.29, 0.717) is 11.9 Å². The SMILES string of the molecule is CC(C)(C)CN1CCCC2(CCN(C3CCOCC3)C2)C1=O. The number of amides is 1. The topological polar surface area (TPSA) is 32.8 Å². The molecule has 4 heteroatoms. The minimum Gasteiger partial charge on any atom is -0.381 e. The summed E-state index contributed by atoms with van der Waals surface area (Å²) in [5, 5.41) is 0. The zero-order chi connectivity index (χ0) is 15.8. The summed E-state index contributed by atoms with van der Waals surface area (Å²) in [6, 6.07) is 0.638. The molecule has 3 saturated heterocycles.